The number of rotatable bonds is 8. The highest BCUT2D eigenvalue weighted by Gasteiger charge is 2.45. The minimum absolute atomic E-state index is 0.113. The van der Waals surface area contributed by atoms with E-state index in [1.165, 1.54) is 36.3 Å². The van der Waals surface area contributed by atoms with Crippen molar-refractivity contribution in [3.63, 3.8) is 0 Å². The third kappa shape index (κ3) is 4.89. The number of imide groups is 1. The first-order valence-corrected chi connectivity index (χ1v) is 10.9. The van der Waals surface area contributed by atoms with Gasteiger partial charge in [0.05, 0.1) is 31.4 Å². The van der Waals surface area contributed by atoms with Gasteiger partial charge in [-0.2, -0.15) is 0 Å². The minimum Gasteiger partial charge on any atom is -0.497 e. The van der Waals surface area contributed by atoms with Crippen molar-refractivity contribution in [2.75, 3.05) is 18.6 Å². The summed E-state index contributed by atoms with van der Waals surface area (Å²) in [7, 11) is 1.51. The lowest BCUT2D eigenvalue weighted by atomic mass is 10.1. The lowest BCUT2D eigenvalue weighted by Gasteiger charge is -2.33. The Balaban J connectivity index is 1.89. The second-order valence-electron chi connectivity index (χ2n) is 7.76. The summed E-state index contributed by atoms with van der Waals surface area (Å²) in [5.41, 5.74) is 1.05. The fourth-order valence-corrected chi connectivity index (χ4v) is 3.82. The third-order valence-electron chi connectivity index (χ3n) is 5.71. The molecule has 0 N–H and O–H groups in total. The van der Waals surface area contributed by atoms with Gasteiger partial charge in [0.25, 0.3) is 11.8 Å². The average Bonchev–Trinajstić information content (AvgIpc) is 3.12. The van der Waals surface area contributed by atoms with Crippen LogP contribution < -0.4 is 9.64 Å². The molecule has 0 spiro atoms. The maximum atomic E-state index is 13.4. The summed E-state index contributed by atoms with van der Waals surface area (Å²) in [5, 5.41) is 0. The molecular formula is C25H28N2O6. The SMILES string of the molecule is CCOC(=O)c1ccc(N2C(=O)CC(N(C(=O)c3cccc(OC)c3)C(C)CC)C2=O)cc1. The van der Waals surface area contributed by atoms with Gasteiger partial charge >= 0.3 is 5.97 Å². The topological polar surface area (TPSA) is 93.2 Å². The molecule has 1 fully saturated rings. The monoisotopic (exact) mass is 452 g/mol. The van der Waals surface area contributed by atoms with Crippen molar-refractivity contribution in [1.29, 1.82) is 0 Å². The molecule has 2 atom stereocenters. The fraction of sp³-hybridized carbons (Fsp3) is 0.360. The first-order valence-electron chi connectivity index (χ1n) is 10.9. The molecule has 0 saturated carbocycles. The van der Waals surface area contributed by atoms with Gasteiger partial charge < -0.3 is 14.4 Å². The number of carbonyl (C=O) groups excluding carboxylic acids is 4. The summed E-state index contributed by atoms with van der Waals surface area (Å²) in [6.45, 7) is 5.73. The van der Waals surface area contributed by atoms with E-state index >= 15 is 0 Å². The molecule has 1 heterocycles. The molecule has 8 nitrogen and oxygen atoms in total. The molecule has 2 aromatic rings. The molecular weight excluding hydrogens is 424 g/mol. The average molecular weight is 453 g/mol. The molecule has 1 saturated heterocycles. The van der Waals surface area contributed by atoms with E-state index < -0.39 is 23.8 Å². The highest BCUT2D eigenvalue weighted by atomic mass is 16.5. The Morgan fingerprint density at radius 1 is 1.09 bits per heavy atom. The zero-order valence-corrected chi connectivity index (χ0v) is 19.2. The lowest BCUT2D eigenvalue weighted by molar-refractivity contribution is -0.122. The second-order valence-corrected chi connectivity index (χ2v) is 7.76. The van der Waals surface area contributed by atoms with E-state index in [4.69, 9.17) is 9.47 Å². The number of amides is 3. The van der Waals surface area contributed by atoms with Gasteiger partial charge in [0.15, 0.2) is 0 Å². The quantitative estimate of drug-likeness (QED) is 0.450. The Hall–Kier alpha value is -3.68. The van der Waals surface area contributed by atoms with E-state index in [9.17, 15) is 19.2 Å². The molecule has 0 aliphatic carbocycles. The molecule has 33 heavy (non-hydrogen) atoms. The van der Waals surface area contributed by atoms with Crippen LogP contribution in [-0.4, -0.2) is 54.4 Å². The van der Waals surface area contributed by atoms with Crippen LogP contribution in [0.4, 0.5) is 5.69 Å². The van der Waals surface area contributed by atoms with Crippen LogP contribution in [0.25, 0.3) is 0 Å². The smallest absolute Gasteiger partial charge is 0.338 e. The van der Waals surface area contributed by atoms with Gasteiger partial charge in [-0.3, -0.25) is 14.4 Å². The molecule has 3 amide bonds. The van der Waals surface area contributed by atoms with Gasteiger partial charge in [0.2, 0.25) is 5.91 Å². The van der Waals surface area contributed by atoms with Gasteiger partial charge in [0, 0.05) is 11.6 Å². The molecule has 0 aromatic heterocycles. The molecule has 0 bridgehead atoms. The van der Waals surface area contributed by atoms with Gasteiger partial charge in [-0.1, -0.05) is 13.0 Å². The van der Waals surface area contributed by atoms with Crippen LogP contribution in [0.2, 0.25) is 0 Å². The molecule has 3 rings (SSSR count). The van der Waals surface area contributed by atoms with Crippen LogP contribution in [0.5, 0.6) is 5.75 Å². The van der Waals surface area contributed by atoms with E-state index in [0.717, 1.165) is 4.90 Å². The fourth-order valence-electron chi connectivity index (χ4n) is 3.82. The van der Waals surface area contributed by atoms with E-state index in [1.54, 1.807) is 31.2 Å². The first-order chi connectivity index (χ1) is 15.8. The maximum Gasteiger partial charge on any atom is 0.338 e. The highest BCUT2D eigenvalue weighted by molar-refractivity contribution is 6.23. The van der Waals surface area contributed by atoms with E-state index in [-0.39, 0.29) is 25.0 Å². The Morgan fingerprint density at radius 3 is 2.39 bits per heavy atom. The second kappa shape index (κ2) is 10.3. The molecule has 2 unspecified atom stereocenters. The van der Waals surface area contributed by atoms with Gasteiger partial charge in [-0.15, -0.1) is 0 Å². The van der Waals surface area contributed by atoms with Crippen molar-refractivity contribution >= 4 is 29.4 Å². The summed E-state index contributed by atoms with van der Waals surface area (Å²) in [4.78, 5) is 54.1. The van der Waals surface area contributed by atoms with Crippen LogP contribution in [0.15, 0.2) is 48.5 Å². The van der Waals surface area contributed by atoms with Crippen molar-refractivity contribution in [2.24, 2.45) is 0 Å². The van der Waals surface area contributed by atoms with Crippen LogP contribution in [0.1, 0.15) is 54.3 Å². The lowest BCUT2D eigenvalue weighted by Crippen LogP contribution is -2.49. The molecule has 1 aliphatic rings. The molecule has 174 valence electrons. The van der Waals surface area contributed by atoms with Crippen LogP contribution in [0.3, 0.4) is 0 Å². The van der Waals surface area contributed by atoms with E-state index in [2.05, 4.69) is 0 Å². The van der Waals surface area contributed by atoms with Crippen molar-refractivity contribution in [3.05, 3.63) is 59.7 Å². The minimum atomic E-state index is -0.920. The van der Waals surface area contributed by atoms with Crippen molar-refractivity contribution in [2.45, 2.75) is 45.7 Å². The summed E-state index contributed by atoms with van der Waals surface area (Å²) in [6, 6.07) is 11.6. The predicted molar refractivity (Wildman–Crippen MR) is 122 cm³/mol. The van der Waals surface area contributed by atoms with Crippen LogP contribution >= 0.6 is 0 Å². The molecule has 1 aliphatic heterocycles. The molecule has 0 radical (unpaired) electrons. The van der Waals surface area contributed by atoms with Crippen molar-refractivity contribution in [3.8, 4) is 5.75 Å². The number of nitrogens with zero attached hydrogens (tertiary/aromatic N) is 2. The molecule has 2 aromatic carbocycles. The summed E-state index contributed by atoms with van der Waals surface area (Å²) in [5.74, 6) is -1.16. The highest BCUT2D eigenvalue weighted by Crippen LogP contribution is 2.29. The third-order valence-corrected chi connectivity index (χ3v) is 5.71. The Bertz CT molecular complexity index is 1050. The van der Waals surface area contributed by atoms with E-state index in [1.807, 2.05) is 13.8 Å². The molecule has 8 heteroatoms. The summed E-state index contributed by atoms with van der Waals surface area (Å²) < 4.78 is 10.2. The summed E-state index contributed by atoms with van der Waals surface area (Å²) in [6.07, 6.45) is 0.500. The largest absolute Gasteiger partial charge is 0.497 e. The number of esters is 1. The number of benzene rings is 2. The van der Waals surface area contributed by atoms with Crippen molar-refractivity contribution in [1.82, 2.24) is 4.90 Å². The number of hydrogen-bond acceptors (Lipinski definition) is 6. The maximum absolute atomic E-state index is 13.4. The zero-order valence-electron chi connectivity index (χ0n) is 19.2. The Morgan fingerprint density at radius 2 is 1.79 bits per heavy atom. The number of anilines is 1. The van der Waals surface area contributed by atoms with Crippen molar-refractivity contribution < 1.29 is 28.7 Å². The predicted octanol–water partition coefficient (Wildman–Crippen LogP) is 3.44. The zero-order chi connectivity index (χ0) is 24.1. The number of hydrogen-bond donors (Lipinski definition) is 0. The van der Waals surface area contributed by atoms with Gasteiger partial charge in [-0.05, 0) is 62.7 Å². The first kappa shape index (κ1) is 24.0. The Kier molecular flexibility index (Phi) is 7.48. The van der Waals surface area contributed by atoms with Crippen LogP contribution in [0, 0.1) is 0 Å². The standard InChI is InChI=1S/C25H28N2O6/c1-5-16(3)26(23(29)18-8-7-9-20(14-18)32-4)21-15-22(28)27(24(21)30)19-12-10-17(11-13-19)25(31)33-6-2/h7-14,16,21H,5-6,15H2,1-4H3. The van der Waals surface area contributed by atoms with E-state index in [0.29, 0.717) is 29.0 Å². The number of ether oxygens (including phenoxy) is 2. The normalized spacial score (nSPS) is 16.5. The summed E-state index contributed by atoms with van der Waals surface area (Å²) >= 11 is 0. The number of methoxy groups -OCH3 is 1. The van der Waals surface area contributed by atoms with Gasteiger partial charge in [0.1, 0.15) is 11.8 Å². The van der Waals surface area contributed by atoms with Crippen LogP contribution in [-0.2, 0) is 14.3 Å². The van der Waals surface area contributed by atoms with Gasteiger partial charge in [-0.25, -0.2) is 9.69 Å². The number of carbonyl (C=O) groups is 4. The Labute approximate surface area is 193 Å².